The van der Waals surface area contributed by atoms with Crippen LogP contribution in [-0.4, -0.2) is 10.9 Å². The highest BCUT2D eigenvalue weighted by Gasteiger charge is 2.15. The van der Waals surface area contributed by atoms with E-state index in [0.717, 1.165) is 22.0 Å². The van der Waals surface area contributed by atoms with Crippen molar-refractivity contribution in [3.05, 3.63) is 77.1 Å². The highest BCUT2D eigenvalue weighted by atomic mass is 16.1. The second-order valence-electron chi connectivity index (χ2n) is 7.95. The van der Waals surface area contributed by atoms with E-state index in [0.29, 0.717) is 5.56 Å². The van der Waals surface area contributed by atoms with Crippen LogP contribution in [0.5, 0.6) is 0 Å². The summed E-state index contributed by atoms with van der Waals surface area (Å²) in [6.45, 7) is 10.5. The van der Waals surface area contributed by atoms with E-state index in [1.165, 1.54) is 5.56 Å². The zero-order valence-electron chi connectivity index (χ0n) is 16.1. The van der Waals surface area contributed by atoms with Crippen LogP contribution >= 0.6 is 0 Å². The fourth-order valence-electron chi connectivity index (χ4n) is 2.95. The van der Waals surface area contributed by atoms with Gasteiger partial charge in [0.15, 0.2) is 0 Å². The summed E-state index contributed by atoms with van der Waals surface area (Å²) in [5, 5.41) is 5.29. The van der Waals surface area contributed by atoms with Crippen molar-refractivity contribution in [1.29, 1.82) is 0 Å². The van der Waals surface area contributed by atoms with E-state index in [1.807, 2.05) is 50.4 Å². The molecule has 1 aromatic heterocycles. The number of aryl methyl sites for hydroxylation is 1. The highest BCUT2D eigenvalue weighted by Crippen LogP contribution is 2.26. The van der Waals surface area contributed by atoms with Crippen molar-refractivity contribution in [3.63, 3.8) is 0 Å². The summed E-state index contributed by atoms with van der Waals surface area (Å²) in [6.07, 6.45) is 1.81. The third-order valence-corrected chi connectivity index (χ3v) is 4.75. The molecule has 1 unspecified atom stereocenters. The second-order valence-corrected chi connectivity index (χ2v) is 7.95. The third-order valence-electron chi connectivity index (χ3n) is 4.75. The molecule has 1 heterocycles. The van der Waals surface area contributed by atoms with E-state index < -0.39 is 0 Å². The van der Waals surface area contributed by atoms with Gasteiger partial charge in [-0.2, -0.15) is 0 Å². The van der Waals surface area contributed by atoms with Crippen molar-refractivity contribution >= 4 is 16.7 Å². The summed E-state index contributed by atoms with van der Waals surface area (Å²) in [4.78, 5) is 16.9. The van der Waals surface area contributed by atoms with E-state index >= 15 is 0 Å². The minimum absolute atomic E-state index is 0.0696. The molecule has 0 aliphatic carbocycles. The molecule has 0 saturated heterocycles. The van der Waals surface area contributed by atoms with Gasteiger partial charge in [0.25, 0.3) is 5.91 Å². The Balaban J connectivity index is 1.81. The number of aromatic nitrogens is 1. The van der Waals surface area contributed by atoms with Crippen LogP contribution in [0.2, 0.25) is 0 Å². The number of rotatable bonds is 3. The van der Waals surface area contributed by atoms with Gasteiger partial charge in [0.1, 0.15) is 0 Å². The topological polar surface area (TPSA) is 42.0 Å². The quantitative estimate of drug-likeness (QED) is 0.696. The molecule has 0 spiro atoms. The maximum Gasteiger partial charge on any atom is 0.251 e. The molecule has 3 heteroatoms. The van der Waals surface area contributed by atoms with Gasteiger partial charge in [-0.3, -0.25) is 9.78 Å². The predicted octanol–water partition coefficient (Wildman–Crippen LogP) is 5.33. The van der Waals surface area contributed by atoms with Crippen LogP contribution in [0.1, 0.15) is 60.9 Å². The smallest absolute Gasteiger partial charge is 0.251 e. The number of carbonyl (C=O) groups excluding carboxylic acids is 1. The summed E-state index contributed by atoms with van der Waals surface area (Å²) in [5.74, 6) is -0.0696. The van der Waals surface area contributed by atoms with Crippen LogP contribution in [0, 0.1) is 6.92 Å². The molecule has 134 valence electrons. The third kappa shape index (κ3) is 3.93. The Morgan fingerprint density at radius 2 is 1.69 bits per heavy atom. The largest absolute Gasteiger partial charge is 0.345 e. The molecule has 0 radical (unpaired) electrons. The normalized spacial score (nSPS) is 12.8. The zero-order valence-corrected chi connectivity index (χ0v) is 16.1. The van der Waals surface area contributed by atoms with Gasteiger partial charge in [-0.25, -0.2) is 0 Å². The Labute approximate surface area is 155 Å². The standard InChI is InChI=1S/C23H26N2O/c1-15-6-7-20(14-24-15)16(2)25-22(26)19-9-8-18-13-21(23(3,4)5)11-10-17(18)12-19/h6-14,16H,1-5H3,(H,25,26). The number of fused-ring (bicyclic) bond motifs is 1. The van der Waals surface area contributed by atoms with Gasteiger partial charge in [-0.1, -0.05) is 51.1 Å². The first-order chi connectivity index (χ1) is 12.2. The number of carbonyl (C=O) groups is 1. The molecule has 26 heavy (non-hydrogen) atoms. The molecule has 0 bridgehead atoms. The Morgan fingerprint density at radius 3 is 2.35 bits per heavy atom. The number of amides is 1. The molecule has 3 aromatic rings. The summed E-state index contributed by atoms with van der Waals surface area (Å²) in [7, 11) is 0. The lowest BCUT2D eigenvalue weighted by Crippen LogP contribution is -2.26. The van der Waals surface area contributed by atoms with Gasteiger partial charge in [0.2, 0.25) is 0 Å². The average molecular weight is 346 g/mol. The van der Waals surface area contributed by atoms with E-state index in [-0.39, 0.29) is 17.4 Å². The molecule has 0 saturated carbocycles. The molecule has 1 amide bonds. The van der Waals surface area contributed by atoms with Gasteiger partial charge >= 0.3 is 0 Å². The minimum atomic E-state index is -0.0884. The number of nitrogens with one attached hydrogen (secondary N) is 1. The molecule has 1 atom stereocenters. The van der Waals surface area contributed by atoms with E-state index in [9.17, 15) is 4.79 Å². The molecular weight excluding hydrogens is 320 g/mol. The van der Waals surface area contributed by atoms with Gasteiger partial charge in [0, 0.05) is 17.5 Å². The van der Waals surface area contributed by atoms with Crippen LogP contribution < -0.4 is 5.32 Å². The molecule has 0 aliphatic heterocycles. The average Bonchev–Trinajstić information content (AvgIpc) is 2.60. The van der Waals surface area contributed by atoms with Crippen molar-refractivity contribution in [2.75, 3.05) is 0 Å². The molecule has 0 fully saturated rings. The molecule has 3 rings (SSSR count). The Kier molecular flexibility index (Phi) is 4.82. The Morgan fingerprint density at radius 1 is 1.00 bits per heavy atom. The fourth-order valence-corrected chi connectivity index (χ4v) is 2.95. The van der Waals surface area contributed by atoms with Crippen LogP contribution in [-0.2, 0) is 5.41 Å². The first kappa shape index (κ1) is 18.1. The fraction of sp³-hybridized carbons (Fsp3) is 0.304. The number of benzene rings is 2. The van der Waals surface area contributed by atoms with Crippen molar-refractivity contribution in [2.45, 2.75) is 46.1 Å². The summed E-state index contributed by atoms with van der Waals surface area (Å²) < 4.78 is 0. The highest BCUT2D eigenvalue weighted by molar-refractivity contribution is 5.98. The molecular formula is C23H26N2O. The van der Waals surface area contributed by atoms with Crippen LogP contribution in [0.25, 0.3) is 10.8 Å². The predicted molar refractivity (Wildman–Crippen MR) is 108 cm³/mol. The van der Waals surface area contributed by atoms with Crippen molar-refractivity contribution in [1.82, 2.24) is 10.3 Å². The van der Waals surface area contributed by atoms with Gasteiger partial charge < -0.3 is 5.32 Å². The number of nitrogens with zero attached hydrogens (tertiary/aromatic N) is 1. The summed E-state index contributed by atoms with van der Waals surface area (Å²) in [5.41, 5.74) is 4.05. The van der Waals surface area contributed by atoms with Crippen molar-refractivity contribution < 1.29 is 4.79 Å². The van der Waals surface area contributed by atoms with Crippen LogP contribution in [0.3, 0.4) is 0 Å². The molecule has 3 nitrogen and oxygen atoms in total. The first-order valence-corrected chi connectivity index (χ1v) is 9.02. The van der Waals surface area contributed by atoms with Crippen molar-refractivity contribution in [3.8, 4) is 0 Å². The van der Waals surface area contributed by atoms with Gasteiger partial charge in [-0.15, -0.1) is 0 Å². The number of hydrogen-bond acceptors (Lipinski definition) is 2. The Bertz CT molecular complexity index is 937. The SMILES string of the molecule is Cc1ccc(C(C)NC(=O)c2ccc3cc(C(C)(C)C)ccc3c2)cn1. The first-order valence-electron chi connectivity index (χ1n) is 9.02. The lowest BCUT2D eigenvalue weighted by atomic mass is 9.86. The second kappa shape index (κ2) is 6.91. The zero-order chi connectivity index (χ0) is 18.9. The molecule has 0 aliphatic rings. The lowest BCUT2D eigenvalue weighted by Gasteiger charge is -2.19. The van der Waals surface area contributed by atoms with E-state index in [4.69, 9.17) is 0 Å². The maximum atomic E-state index is 12.6. The van der Waals surface area contributed by atoms with Crippen molar-refractivity contribution in [2.24, 2.45) is 0 Å². The summed E-state index contributed by atoms with van der Waals surface area (Å²) >= 11 is 0. The summed E-state index contributed by atoms with van der Waals surface area (Å²) in [6, 6.07) is 16.2. The maximum absolute atomic E-state index is 12.6. The van der Waals surface area contributed by atoms with Crippen LogP contribution in [0.15, 0.2) is 54.7 Å². The number of pyridine rings is 1. The van der Waals surface area contributed by atoms with E-state index in [2.05, 4.69) is 49.3 Å². The monoisotopic (exact) mass is 346 g/mol. The lowest BCUT2D eigenvalue weighted by molar-refractivity contribution is 0.0940. The Hall–Kier alpha value is -2.68. The van der Waals surface area contributed by atoms with E-state index in [1.54, 1.807) is 0 Å². The van der Waals surface area contributed by atoms with Gasteiger partial charge in [0.05, 0.1) is 6.04 Å². The number of hydrogen-bond donors (Lipinski definition) is 1. The molecule has 1 N–H and O–H groups in total. The minimum Gasteiger partial charge on any atom is -0.345 e. The van der Waals surface area contributed by atoms with Gasteiger partial charge in [-0.05, 0) is 59.4 Å². The van der Waals surface area contributed by atoms with Crippen LogP contribution in [0.4, 0.5) is 0 Å². The molecule has 2 aromatic carbocycles.